The highest BCUT2D eigenvalue weighted by atomic mass is 35.5. The van der Waals surface area contributed by atoms with Crippen molar-refractivity contribution in [1.82, 2.24) is 20.0 Å². The van der Waals surface area contributed by atoms with Gasteiger partial charge in [-0.2, -0.15) is 0 Å². The minimum atomic E-state index is 0.0826. The molecule has 5 nitrogen and oxygen atoms in total. The van der Waals surface area contributed by atoms with Crippen LogP contribution in [0.15, 0.2) is 109 Å². The molecule has 0 radical (unpaired) electrons. The molecule has 3 atom stereocenters. The number of nitrogens with one attached hydrogen (secondary N) is 1. The molecule has 2 fully saturated rings. The number of likely N-dealkylation sites (tertiary alicyclic amines) is 2. The predicted octanol–water partition coefficient (Wildman–Crippen LogP) is 5.55. The first-order valence-corrected chi connectivity index (χ1v) is 14.1. The first-order valence-electron chi connectivity index (χ1n) is 13.7. The first-order chi connectivity index (χ1) is 19.1. The third-order valence-corrected chi connectivity index (χ3v) is 8.66. The lowest BCUT2D eigenvalue weighted by Crippen LogP contribution is -2.37. The summed E-state index contributed by atoms with van der Waals surface area (Å²) in [6, 6.07) is 28.3. The average molecular weight is 535 g/mol. The van der Waals surface area contributed by atoms with Gasteiger partial charge < -0.3 is 15.1 Å². The van der Waals surface area contributed by atoms with E-state index in [-0.39, 0.29) is 12.1 Å². The lowest BCUT2D eigenvalue weighted by molar-refractivity contribution is 0.0774. The molecular formula is C33H31ClN4O. The molecule has 0 aromatic heterocycles. The Balaban J connectivity index is 1.12. The molecule has 0 saturated carbocycles. The lowest BCUT2D eigenvalue weighted by atomic mass is 10.0. The van der Waals surface area contributed by atoms with Gasteiger partial charge in [-0.25, -0.2) is 0 Å². The van der Waals surface area contributed by atoms with E-state index in [0.717, 1.165) is 54.6 Å². The van der Waals surface area contributed by atoms with Gasteiger partial charge in [0.2, 0.25) is 0 Å². The summed E-state index contributed by atoms with van der Waals surface area (Å²) in [6.45, 7) is 4.54. The molecule has 3 aromatic carbocycles. The fourth-order valence-corrected chi connectivity index (χ4v) is 6.60. The van der Waals surface area contributed by atoms with Crippen molar-refractivity contribution >= 4 is 28.8 Å². The smallest absolute Gasteiger partial charge is 0.253 e. The van der Waals surface area contributed by atoms with Crippen LogP contribution in [-0.4, -0.2) is 59.5 Å². The Morgan fingerprint density at radius 2 is 1.49 bits per heavy atom. The number of hydrogen-bond acceptors (Lipinski definition) is 4. The van der Waals surface area contributed by atoms with Gasteiger partial charge in [0.05, 0.1) is 11.4 Å². The highest BCUT2D eigenvalue weighted by molar-refractivity contribution is 6.30. The maximum atomic E-state index is 13.0. The monoisotopic (exact) mass is 534 g/mol. The van der Waals surface area contributed by atoms with Crippen molar-refractivity contribution in [2.24, 2.45) is 11.8 Å². The van der Waals surface area contributed by atoms with Crippen LogP contribution in [0.5, 0.6) is 0 Å². The number of benzene rings is 3. The number of allylic oxidation sites excluding steroid dienone is 2. The SMILES string of the molecule is O=C(c1ccccc1)N1CC2CN(CC3=C(c4ccc(Cl)cc4)NC4C=CC(c5ccccc5)=CN34)CC2C1. The van der Waals surface area contributed by atoms with Gasteiger partial charge in [-0.3, -0.25) is 9.69 Å². The molecule has 0 aliphatic carbocycles. The molecule has 1 N–H and O–H groups in total. The zero-order valence-corrected chi connectivity index (χ0v) is 22.5. The number of nitrogens with zero attached hydrogens (tertiary/aromatic N) is 3. The van der Waals surface area contributed by atoms with Gasteiger partial charge in [0.25, 0.3) is 5.91 Å². The summed E-state index contributed by atoms with van der Waals surface area (Å²) in [5.74, 6) is 1.18. The molecule has 1 amide bonds. The van der Waals surface area contributed by atoms with Crippen molar-refractivity contribution in [3.8, 4) is 0 Å². The summed E-state index contributed by atoms with van der Waals surface area (Å²) in [4.78, 5) is 20.1. The van der Waals surface area contributed by atoms with Crippen LogP contribution in [0.3, 0.4) is 0 Å². The van der Waals surface area contributed by atoms with Crippen molar-refractivity contribution in [1.29, 1.82) is 0 Å². The van der Waals surface area contributed by atoms with Gasteiger partial charge in [0.1, 0.15) is 6.17 Å². The summed E-state index contributed by atoms with van der Waals surface area (Å²) in [7, 11) is 0. The second kappa shape index (κ2) is 10.1. The highest BCUT2D eigenvalue weighted by Gasteiger charge is 2.43. The van der Waals surface area contributed by atoms with Crippen molar-refractivity contribution in [3.63, 3.8) is 0 Å². The standard InChI is InChI=1S/C33H31ClN4O/c34-29-14-11-24(12-15-29)32-30(38-21-26(13-16-31(38)35-32)23-7-3-1-4-8-23)22-36-17-27-19-37(20-28(27)18-36)33(39)25-9-5-2-6-10-25/h1-16,21,27-28,31,35H,17-20,22H2. The third kappa shape index (κ3) is 4.66. The molecule has 39 heavy (non-hydrogen) atoms. The average Bonchev–Trinajstić information content (AvgIpc) is 3.66. The van der Waals surface area contributed by atoms with E-state index in [0.29, 0.717) is 11.8 Å². The molecule has 4 heterocycles. The number of carbonyl (C=O) groups excluding carboxylic acids is 1. The van der Waals surface area contributed by atoms with Crippen molar-refractivity contribution in [2.75, 3.05) is 32.7 Å². The van der Waals surface area contributed by atoms with E-state index < -0.39 is 0 Å². The molecule has 4 aliphatic heterocycles. The topological polar surface area (TPSA) is 38.8 Å². The Morgan fingerprint density at radius 1 is 0.821 bits per heavy atom. The molecule has 7 rings (SSSR count). The van der Waals surface area contributed by atoms with Crippen LogP contribution >= 0.6 is 11.6 Å². The minimum Gasteiger partial charge on any atom is -0.360 e. The zero-order valence-electron chi connectivity index (χ0n) is 21.7. The normalized spacial score (nSPS) is 24.0. The fraction of sp³-hybridized carbons (Fsp3) is 0.242. The van der Waals surface area contributed by atoms with Crippen molar-refractivity contribution < 1.29 is 4.79 Å². The minimum absolute atomic E-state index is 0.0826. The summed E-state index contributed by atoms with van der Waals surface area (Å²) in [5.41, 5.74) is 6.78. The number of halogens is 1. The van der Waals surface area contributed by atoms with Gasteiger partial charge >= 0.3 is 0 Å². The van der Waals surface area contributed by atoms with Crippen LogP contribution in [-0.2, 0) is 0 Å². The van der Waals surface area contributed by atoms with Gasteiger partial charge in [-0.05, 0) is 58.9 Å². The Labute approximate surface area is 234 Å². The van der Waals surface area contributed by atoms with Crippen LogP contribution < -0.4 is 5.32 Å². The van der Waals surface area contributed by atoms with E-state index in [1.54, 1.807) is 0 Å². The van der Waals surface area contributed by atoms with Crippen LogP contribution in [0.25, 0.3) is 11.3 Å². The Bertz CT molecular complexity index is 1450. The van der Waals surface area contributed by atoms with E-state index in [1.165, 1.54) is 16.8 Å². The molecular weight excluding hydrogens is 504 g/mol. The van der Waals surface area contributed by atoms with Crippen LogP contribution in [0.2, 0.25) is 5.02 Å². The molecule has 3 aromatic rings. The van der Waals surface area contributed by atoms with E-state index in [2.05, 4.69) is 80.8 Å². The maximum Gasteiger partial charge on any atom is 0.253 e. The van der Waals surface area contributed by atoms with Gasteiger partial charge in [0, 0.05) is 49.5 Å². The van der Waals surface area contributed by atoms with E-state index in [1.807, 2.05) is 42.5 Å². The molecule has 2 saturated heterocycles. The predicted molar refractivity (Wildman–Crippen MR) is 156 cm³/mol. The first kappa shape index (κ1) is 24.3. The van der Waals surface area contributed by atoms with Crippen LogP contribution in [0.4, 0.5) is 0 Å². The number of hydrogen-bond donors (Lipinski definition) is 1. The van der Waals surface area contributed by atoms with Crippen molar-refractivity contribution in [3.05, 3.63) is 131 Å². The largest absolute Gasteiger partial charge is 0.360 e. The summed E-state index contributed by atoms with van der Waals surface area (Å²) in [5, 5.41) is 4.51. The van der Waals surface area contributed by atoms with Crippen molar-refractivity contribution in [2.45, 2.75) is 6.17 Å². The molecule has 0 spiro atoms. The number of rotatable bonds is 5. The fourth-order valence-electron chi connectivity index (χ4n) is 6.47. The lowest BCUT2D eigenvalue weighted by Gasteiger charge is -2.30. The number of fused-ring (bicyclic) bond motifs is 2. The van der Waals surface area contributed by atoms with Gasteiger partial charge in [0.15, 0.2) is 0 Å². The summed E-state index contributed by atoms with van der Waals surface area (Å²) < 4.78 is 0. The Kier molecular flexibility index (Phi) is 6.26. The quantitative estimate of drug-likeness (QED) is 0.465. The molecule has 0 bridgehead atoms. The van der Waals surface area contributed by atoms with E-state index in [9.17, 15) is 4.79 Å². The van der Waals surface area contributed by atoms with Crippen LogP contribution in [0, 0.1) is 11.8 Å². The molecule has 4 aliphatic rings. The third-order valence-electron chi connectivity index (χ3n) is 8.41. The molecule has 6 heteroatoms. The molecule has 196 valence electrons. The summed E-state index contributed by atoms with van der Waals surface area (Å²) >= 11 is 6.22. The van der Waals surface area contributed by atoms with Gasteiger partial charge in [-0.15, -0.1) is 0 Å². The van der Waals surface area contributed by atoms with E-state index >= 15 is 0 Å². The highest BCUT2D eigenvalue weighted by Crippen LogP contribution is 2.37. The number of carbonyl (C=O) groups is 1. The second-order valence-electron chi connectivity index (χ2n) is 10.9. The van der Waals surface area contributed by atoms with Gasteiger partial charge in [-0.1, -0.05) is 78.3 Å². The number of amides is 1. The van der Waals surface area contributed by atoms with E-state index in [4.69, 9.17) is 11.6 Å². The zero-order chi connectivity index (χ0) is 26.3. The summed E-state index contributed by atoms with van der Waals surface area (Å²) in [6.07, 6.45) is 6.82. The van der Waals surface area contributed by atoms with Crippen LogP contribution in [0.1, 0.15) is 21.5 Å². The molecule has 3 unspecified atom stereocenters. The maximum absolute atomic E-state index is 13.0. The Morgan fingerprint density at radius 3 is 2.18 bits per heavy atom. The Hall–Kier alpha value is -3.80. The second-order valence-corrected chi connectivity index (χ2v) is 11.4.